The molecule has 0 spiro atoms. The zero-order chi connectivity index (χ0) is 14.2. The molecule has 3 aromatic rings. The van der Waals surface area contributed by atoms with Crippen LogP contribution in [0.5, 0.6) is 0 Å². The van der Waals surface area contributed by atoms with Crippen LogP contribution < -0.4 is 0 Å². The number of fused-ring (bicyclic) bond motifs is 2. The van der Waals surface area contributed by atoms with E-state index < -0.39 is 6.10 Å². The first-order valence-electron chi connectivity index (χ1n) is 7.41. The number of hydrogen-bond donors (Lipinski definition) is 1. The van der Waals surface area contributed by atoms with Gasteiger partial charge in [0, 0.05) is 11.6 Å². The highest BCUT2D eigenvalue weighted by Gasteiger charge is 2.28. The van der Waals surface area contributed by atoms with Crippen LogP contribution in [-0.4, -0.2) is 10.1 Å². The lowest BCUT2D eigenvalue weighted by Gasteiger charge is -2.18. The van der Waals surface area contributed by atoms with E-state index in [1.54, 1.807) is 0 Å². The topological polar surface area (TPSA) is 33.1 Å². The Labute approximate surface area is 124 Å². The smallest absolute Gasteiger partial charge is 0.0839 e. The molecule has 0 saturated heterocycles. The van der Waals surface area contributed by atoms with Crippen LogP contribution in [-0.2, 0) is 12.8 Å². The Kier molecular flexibility index (Phi) is 2.97. The number of para-hydroxylation sites is 1. The van der Waals surface area contributed by atoms with Gasteiger partial charge >= 0.3 is 0 Å². The number of aromatic nitrogens is 1. The molecule has 1 atom stereocenters. The summed E-state index contributed by atoms with van der Waals surface area (Å²) in [6.07, 6.45) is 3.26. The summed E-state index contributed by atoms with van der Waals surface area (Å²) in [6, 6.07) is 18.6. The third-order valence-electron chi connectivity index (χ3n) is 4.48. The fourth-order valence-corrected chi connectivity index (χ4v) is 3.34. The predicted octanol–water partition coefficient (Wildman–Crippen LogP) is 3.68. The summed E-state index contributed by atoms with van der Waals surface area (Å²) < 4.78 is 0. The first-order chi connectivity index (χ1) is 10.3. The minimum Gasteiger partial charge on any atom is -0.388 e. The normalized spacial score (nSPS) is 16.0. The molecule has 0 aliphatic heterocycles. The molecule has 104 valence electrons. The molecule has 0 radical (unpaired) electrons. The van der Waals surface area contributed by atoms with Gasteiger partial charge in [-0.3, -0.25) is 4.98 Å². The highest BCUT2D eigenvalue weighted by atomic mass is 16.3. The largest absolute Gasteiger partial charge is 0.388 e. The molecule has 0 bridgehead atoms. The monoisotopic (exact) mass is 275 g/mol. The van der Waals surface area contributed by atoms with Crippen molar-refractivity contribution in [1.82, 2.24) is 4.98 Å². The summed E-state index contributed by atoms with van der Waals surface area (Å²) >= 11 is 0. The van der Waals surface area contributed by atoms with Crippen molar-refractivity contribution in [3.8, 4) is 0 Å². The number of rotatable bonds is 2. The van der Waals surface area contributed by atoms with E-state index in [2.05, 4.69) is 35.3 Å². The van der Waals surface area contributed by atoms with Crippen LogP contribution in [0.3, 0.4) is 0 Å². The Morgan fingerprint density at radius 3 is 2.38 bits per heavy atom. The van der Waals surface area contributed by atoms with E-state index in [9.17, 15) is 5.11 Å². The fraction of sp³-hybridized carbons (Fsp3) is 0.211. The Bertz CT molecular complexity index is 771. The molecule has 0 amide bonds. The van der Waals surface area contributed by atoms with Crippen molar-refractivity contribution in [3.63, 3.8) is 0 Å². The standard InChI is InChI=1S/C19H17NO/c21-19(16-9-13-5-1-2-6-14(13)10-16)17-11-15-7-3-4-8-18(15)20-12-17/h1-8,11-12,16,19,21H,9-10H2. The van der Waals surface area contributed by atoms with Crippen LogP contribution in [0.1, 0.15) is 22.8 Å². The zero-order valence-corrected chi connectivity index (χ0v) is 11.7. The van der Waals surface area contributed by atoms with E-state index in [1.165, 1.54) is 11.1 Å². The Morgan fingerprint density at radius 2 is 1.62 bits per heavy atom. The minimum atomic E-state index is -0.450. The first kappa shape index (κ1) is 12.5. The van der Waals surface area contributed by atoms with Gasteiger partial charge in [0.1, 0.15) is 0 Å². The van der Waals surface area contributed by atoms with Gasteiger partial charge in [-0.05, 0) is 47.6 Å². The number of benzene rings is 2. The van der Waals surface area contributed by atoms with Gasteiger partial charge in [-0.25, -0.2) is 0 Å². The fourth-order valence-electron chi connectivity index (χ4n) is 3.34. The molecule has 2 nitrogen and oxygen atoms in total. The van der Waals surface area contributed by atoms with Crippen LogP contribution in [0.25, 0.3) is 10.9 Å². The molecule has 21 heavy (non-hydrogen) atoms. The van der Waals surface area contributed by atoms with E-state index in [4.69, 9.17) is 0 Å². The summed E-state index contributed by atoms with van der Waals surface area (Å²) in [7, 11) is 0. The molecule has 1 N–H and O–H groups in total. The molecule has 4 rings (SSSR count). The van der Waals surface area contributed by atoms with Gasteiger partial charge in [0.15, 0.2) is 0 Å². The van der Waals surface area contributed by atoms with Crippen molar-refractivity contribution >= 4 is 10.9 Å². The van der Waals surface area contributed by atoms with E-state index in [0.29, 0.717) is 0 Å². The third kappa shape index (κ3) is 2.22. The second-order valence-electron chi connectivity index (χ2n) is 5.84. The van der Waals surface area contributed by atoms with Crippen molar-refractivity contribution in [2.45, 2.75) is 18.9 Å². The highest BCUT2D eigenvalue weighted by Crippen LogP contribution is 2.35. The molecular weight excluding hydrogens is 258 g/mol. The lowest BCUT2D eigenvalue weighted by atomic mass is 9.93. The summed E-state index contributed by atoms with van der Waals surface area (Å²) in [5.74, 6) is 0.255. The van der Waals surface area contributed by atoms with Gasteiger partial charge in [-0.15, -0.1) is 0 Å². The van der Waals surface area contributed by atoms with Gasteiger partial charge in [0.25, 0.3) is 0 Å². The third-order valence-corrected chi connectivity index (χ3v) is 4.48. The van der Waals surface area contributed by atoms with Crippen LogP contribution >= 0.6 is 0 Å². The predicted molar refractivity (Wildman–Crippen MR) is 84.0 cm³/mol. The molecule has 1 unspecified atom stereocenters. The van der Waals surface area contributed by atoms with Crippen molar-refractivity contribution in [1.29, 1.82) is 0 Å². The van der Waals surface area contributed by atoms with Crippen LogP contribution in [0.4, 0.5) is 0 Å². The van der Waals surface area contributed by atoms with Gasteiger partial charge < -0.3 is 5.11 Å². The second-order valence-corrected chi connectivity index (χ2v) is 5.84. The average molecular weight is 275 g/mol. The maximum Gasteiger partial charge on any atom is 0.0839 e. The SMILES string of the molecule is OC(c1cnc2ccccc2c1)C1Cc2ccccc2C1. The molecule has 0 fully saturated rings. The maximum absolute atomic E-state index is 10.7. The van der Waals surface area contributed by atoms with Crippen molar-refractivity contribution < 1.29 is 5.11 Å². The second kappa shape index (κ2) is 4.97. The summed E-state index contributed by atoms with van der Waals surface area (Å²) in [5.41, 5.74) is 4.64. The lowest BCUT2D eigenvalue weighted by Crippen LogP contribution is -2.13. The molecule has 1 aliphatic rings. The highest BCUT2D eigenvalue weighted by molar-refractivity contribution is 5.78. The van der Waals surface area contributed by atoms with E-state index in [-0.39, 0.29) is 5.92 Å². The molecule has 2 aromatic carbocycles. The molecule has 1 aromatic heterocycles. The first-order valence-corrected chi connectivity index (χ1v) is 7.41. The minimum absolute atomic E-state index is 0.255. The molecule has 2 heteroatoms. The summed E-state index contributed by atoms with van der Waals surface area (Å²) in [4.78, 5) is 4.46. The van der Waals surface area contributed by atoms with E-state index in [1.807, 2.05) is 30.5 Å². The van der Waals surface area contributed by atoms with E-state index in [0.717, 1.165) is 29.3 Å². The van der Waals surface area contributed by atoms with Crippen molar-refractivity contribution in [3.05, 3.63) is 77.5 Å². The van der Waals surface area contributed by atoms with Gasteiger partial charge in [0.05, 0.1) is 11.6 Å². The lowest BCUT2D eigenvalue weighted by molar-refractivity contribution is 0.113. The quantitative estimate of drug-likeness (QED) is 0.774. The number of hydrogen-bond acceptors (Lipinski definition) is 2. The molecular formula is C19H17NO. The number of pyridine rings is 1. The van der Waals surface area contributed by atoms with E-state index >= 15 is 0 Å². The zero-order valence-electron chi connectivity index (χ0n) is 11.7. The number of aliphatic hydroxyl groups excluding tert-OH is 1. The van der Waals surface area contributed by atoms with Gasteiger partial charge in [-0.2, -0.15) is 0 Å². The summed E-state index contributed by atoms with van der Waals surface area (Å²) in [5, 5.41) is 11.8. The van der Waals surface area contributed by atoms with Crippen LogP contribution in [0, 0.1) is 5.92 Å². The van der Waals surface area contributed by atoms with Gasteiger partial charge in [-0.1, -0.05) is 42.5 Å². The molecule has 0 saturated carbocycles. The number of aliphatic hydroxyl groups is 1. The average Bonchev–Trinajstić information content (AvgIpc) is 2.97. The Hall–Kier alpha value is -2.19. The van der Waals surface area contributed by atoms with Crippen molar-refractivity contribution in [2.24, 2.45) is 5.92 Å². The van der Waals surface area contributed by atoms with Crippen LogP contribution in [0.2, 0.25) is 0 Å². The molecule has 1 aliphatic carbocycles. The van der Waals surface area contributed by atoms with Gasteiger partial charge in [0.2, 0.25) is 0 Å². The summed E-state index contributed by atoms with van der Waals surface area (Å²) in [6.45, 7) is 0. The van der Waals surface area contributed by atoms with Crippen LogP contribution in [0.15, 0.2) is 60.8 Å². The Balaban J connectivity index is 1.64. The molecule has 1 heterocycles. The van der Waals surface area contributed by atoms with Crippen molar-refractivity contribution in [2.75, 3.05) is 0 Å². The number of nitrogens with zero attached hydrogens (tertiary/aromatic N) is 1. The maximum atomic E-state index is 10.7. The Morgan fingerprint density at radius 1 is 0.952 bits per heavy atom.